The lowest BCUT2D eigenvalue weighted by Crippen LogP contribution is -2.27. The number of nitrogens with zero attached hydrogens (tertiary/aromatic N) is 3. The molecule has 1 heterocycles. The molecular weight excluding hydrogens is 488 g/mol. The molecule has 38 heavy (non-hydrogen) atoms. The number of aliphatic hydroxyl groups is 1. The van der Waals surface area contributed by atoms with Crippen molar-refractivity contribution >= 4 is 5.97 Å². The lowest BCUT2D eigenvalue weighted by molar-refractivity contribution is -0.144. The third-order valence-corrected chi connectivity index (χ3v) is 8.19. The molecule has 0 spiro atoms. The molecule has 1 fully saturated rings. The molecule has 0 aliphatic heterocycles. The third kappa shape index (κ3) is 9.86. The van der Waals surface area contributed by atoms with E-state index in [1.165, 1.54) is 5.69 Å². The number of aromatic nitrogens is 3. The predicted octanol–water partition coefficient (Wildman–Crippen LogP) is 2.54. The number of aryl methyl sites for hydroxylation is 2. The van der Waals surface area contributed by atoms with Gasteiger partial charge in [-0.05, 0) is 69.1 Å². The summed E-state index contributed by atoms with van der Waals surface area (Å²) in [5.74, 6) is 1.60. The fourth-order valence-corrected chi connectivity index (χ4v) is 5.28. The molecule has 10 heteroatoms. The highest BCUT2D eigenvalue weighted by Gasteiger charge is 2.50. The molecule has 218 valence electrons. The van der Waals surface area contributed by atoms with E-state index in [4.69, 9.17) is 24.7 Å². The number of nitrogens with two attached hydrogens (primary N) is 1. The Kier molecular flexibility index (Phi) is 13.4. The second kappa shape index (κ2) is 16.5. The maximum absolute atomic E-state index is 12.2. The molecule has 2 aliphatic carbocycles. The Morgan fingerprint density at radius 3 is 2.53 bits per heavy atom. The number of hydrogen-bond donors (Lipinski definition) is 2. The van der Waals surface area contributed by atoms with E-state index in [-0.39, 0.29) is 18.0 Å². The number of fused-ring (bicyclic) bond motifs is 2. The van der Waals surface area contributed by atoms with Crippen LogP contribution >= 0.6 is 0 Å². The van der Waals surface area contributed by atoms with E-state index < -0.39 is 0 Å². The lowest BCUT2D eigenvalue weighted by Gasteiger charge is -2.25. The van der Waals surface area contributed by atoms with E-state index in [1.54, 1.807) is 0 Å². The molecule has 1 saturated carbocycles. The molecule has 0 aromatic carbocycles. The maximum Gasteiger partial charge on any atom is 0.305 e. The monoisotopic (exact) mass is 538 g/mol. The number of carbonyl (C=O) groups excluding carboxylic acids is 1. The molecule has 0 radical (unpaired) electrons. The molecule has 1 aromatic rings. The summed E-state index contributed by atoms with van der Waals surface area (Å²) in [6, 6.07) is 0. The van der Waals surface area contributed by atoms with E-state index in [0.717, 1.165) is 57.2 Å². The Hall–Kier alpha value is -1.59. The van der Waals surface area contributed by atoms with E-state index in [0.29, 0.717) is 83.4 Å². The standard InChI is InChI=1S/C28H50N4O6/c1-3-28(2,20-33)21-37-14-5-4-13-32-26-11-9-23-22(8-10-25(26)30-31-32)24(23)19-38-27(34)7-6-15-35-17-18-36-16-12-29/h22-24,33H,3-21,29H2,1-2H3/t22-,23+,24-,28?/m0/s1. The molecular formula is C28H50N4O6. The molecule has 1 unspecified atom stereocenters. The van der Waals surface area contributed by atoms with Crippen LogP contribution in [0, 0.1) is 23.2 Å². The normalized spacial score (nSPS) is 22.2. The van der Waals surface area contributed by atoms with Gasteiger partial charge in [0.2, 0.25) is 0 Å². The molecule has 3 N–H and O–H groups in total. The Morgan fingerprint density at radius 1 is 1.05 bits per heavy atom. The molecule has 3 rings (SSSR count). The third-order valence-electron chi connectivity index (χ3n) is 8.19. The summed E-state index contributed by atoms with van der Waals surface area (Å²) in [4.78, 5) is 12.2. The number of carbonyl (C=O) groups is 1. The fourth-order valence-electron chi connectivity index (χ4n) is 5.28. The minimum absolute atomic E-state index is 0.132. The first-order valence-electron chi connectivity index (χ1n) is 14.6. The van der Waals surface area contributed by atoms with Gasteiger partial charge in [-0.3, -0.25) is 4.79 Å². The van der Waals surface area contributed by atoms with Crippen molar-refractivity contribution in [2.24, 2.45) is 28.9 Å². The van der Waals surface area contributed by atoms with Crippen molar-refractivity contribution < 1.29 is 28.8 Å². The average Bonchev–Trinajstić information content (AvgIpc) is 3.43. The number of ether oxygens (including phenoxy) is 4. The van der Waals surface area contributed by atoms with Crippen LogP contribution in [0.25, 0.3) is 0 Å². The molecule has 0 saturated heterocycles. The number of rotatable bonds is 20. The Bertz CT molecular complexity index is 815. The minimum atomic E-state index is -0.145. The van der Waals surface area contributed by atoms with Crippen molar-refractivity contribution in [1.82, 2.24) is 15.0 Å². The van der Waals surface area contributed by atoms with Gasteiger partial charge >= 0.3 is 5.97 Å². The summed E-state index contributed by atoms with van der Waals surface area (Å²) >= 11 is 0. The zero-order valence-electron chi connectivity index (χ0n) is 23.6. The summed E-state index contributed by atoms with van der Waals surface area (Å²) in [5.41, 5.74) is 7.63. The Morgan fingerprint density at radius 2 is 1.79 bits per heavy atom. The van der Waals surface area contributed by atoms with Crippen LogP contribution in [-0.4, -0.2) is 85.5 Å². The van der Waals surface area contributed by atoms with Crippen molar-refractivity contribution in [1.29, 1.82) is 0 Å². The average molecular weight is 539 g/mol. The minimum Gasteiger partial charge on any atom is -0.465 e. The van der Waals surface area contributed by atoms with Crippen molar-refractivity contribution in [2.75, 3.05) is 59.4 Å². The van der Waals surface area contributed by atoms with Crippen LogP contribution in [0.2, 0.25) is 0 Å². The van der Waals surface area contributed by atoms with E-state index in [1.807, 2.05) is 0 Å². The van der Waals surface area contributed by atoms with Crippen LogP contribution in [0.4, 0.5) is 0 Å². The van der Waals surface area contributed by atoms with Gasteiger partial charge in [0.25, 0.3) is 0 Å². The summed E-state index contributed by atoms with van der Waals surface area (Å²) < 4.78 is 24.2. The number of unbranched alkanes of at least 4 members (excludes halogenated alkanes) is 1. The van der Waals surface area contributed by atoms with Crippen LogP contribution in [0.15, 0.2) is 0 Å². The molecule has 2 aliphatic rings. The van der Waals surface area contributed by atoms with Crippen molar-refractivity contribution in [2.45, 2.75) is 78.2 Å². The van der Waals surface area contributed by atoms with Crippen molar-refractivity contribution in [3.8, 4) is 0 Å². The largest absolute Gasteiger partial charge is 0.465 e. The van der Waals surface area contributed by atoms with Gasteiger partial charge in [0.05, 0.1) is 51.0 Å². The van der Waals surface area contributed by atoms with Gasteiger partial charge < -0.3 is 29.8 Å². The number of hydrogen-bond acceptors (Lipinski definition) is 9. The van der Waals surface area contributed by atoms with Gasteiger partial charge in [0.1, 0.15) is 0 Å². The fraction of sp³-hybridized carbons (Fsp3) is 0.893. The molecule has 0 amide bonds. The van der Waals surface area contributed by atoms with Gasteiger partial charge in [-0.25, -0.2) is 4.68 Å². The zero-order valence-corrected chi connectivity index (χ0v) is 23.6. The van der Waals surface area contributed by atoms with Crippen LogP contribution in [0.5, 0.6) is 0 Å². The van der Waals surface area contributed by atoms with Gasteiger partial charge in [0, 0.05) is 38.1 Å². The first-order valence-corrected chi connectivity index (χ1v) is 14.6. The summed E-state index contributed by atoms with van der Waals surface area (Å²) in [6.45, 7) is 9.63. The van der Waals surface area contributed by atoms with Crippen LogP contribution in [0.3, 0.4) is 0 Å². The maximum atomic E-state index is 12.2. The van der Waals surface area contributed by atoms with Crippen molar-refractivity contribution in [3.05, 3.63) is 11.4 Å². The lowest BCUT2D eigenvalue weighted by atomic mass is 9.90. The molecule has 0 bridgehead atoms. The van der Waals surface area contributed by atoms with E-state index >= 15 is 0 Å². The van der Waals surface area contributed by atoms with E-state index in [2.05, 4.69) is 28.8 Å². The van der Waals surface area contributed by atoms with Crippen LogP contribution in [-0.2, 0) is 43.1 Å². The Balaban J connectivity index is 1.28. The van der Waals surface area contributed by atoms with Gasteiger partial charge in [0.15, 0.2) is 0 Å². The first-order chi connectivity index (χ1) is 18.5. The highest BCUT2D eigenvalue weighted by atomic mass is 16.5. The first kappa shape index (κ1) is 30.9. The van der Waals surface area contributed by atoms with Gasteiger partial charge in [-0.1, -0.05) is 19.1 Å². The summed E-state index contributed by atoms with van der Waals surface area (Å²) in [5, 5.41) is 18.4. The van der Waals surface area contributed by atoms with Crippen molar-refractivity contribution in [3.63, 3.8) is 0 Å². The van der Waals surface area contributed by atoms with Crippen LogP contribution < -0.4 is 5.73 Å². The van der Waals surface area contributed by atoms with Crippen LogP contribution in [0.1, 0.15) is 70.2 Å². The van der Waals surface area contributed by atoms with E-state index in [9.17, 15) is 9.90 Å². The molecule has 4 atom stereocenters. The highest BCUT2D eigenvalue weighted by molar-refractivity contribution is 5.69. The predicted molar refractivity (Wildman–Crippen MR) is 144 cm³/mol. The van der Waals surface area contributed by atoms with Gasteiger partial charge in [-0.2, -0.15) is 0 Å². The quantitative estimate of drug-likeness (QED) is 0.190. The second-order valence-corrected chi connectivity index (χ2v) is 11.2. The number of esters is 1. The van der Waals surface area contributed by atoms with Gasteiger partial charge in [-0.15, -0.1) is 5.10 Å². The number of aliphatic hydroxyl groups excluding tert-OH is 1. The molecule has 1 aromatic heterocycles. The SMILES string of the molecule is CCC(C)(CO)COCCCCn1nnc2c1CC[C@@H]1[C@H](CC2)[C@@H]1COC(=O)CCCOCCOCCN. The second-order valence-electron chi connectivity index (χ2n) is 11.2. The zero-order chi connectivity index (χ0) is 27.2. The Labute approximate surface area is 227 Å². The highest BCUT2D eigenvalue weighted by Crippen LogP contribution is 2.52. The smallest absolute Gasteiger partial charge is 0.305 e. The topological polar surface area (TPSA) is 131 Å². The summed E-state index contributed by atoms with van der Waals surface area (Å²) in [7, 11) is 0. The molecule has 10 nitrogen and oxygen atoms in total. The summed E-state index contributed by atoms with van der Waals surface area (Å²) in [6.07, 6.45) is 8.06.